The van der Waals surface area contributed by atoms with Crippen LogP contribution in [0, 0.1) is 11.5 Å². The maximum absolute atomic E-state index is 10.9. The Balaban J connectivity index is 2.90. The number of β-amino-alcohol motifs (C(OH)–C–C–N with tert-alkyl or cyclic N) is 1. The second kappa shape index (κ2) is 5.30. The first-order valence-electron chi connectivity index (χ1n) is 5.95. The molecule has 1 amide bonds. The Bertz CT molecular complexity index is 382. The van der Waals surface area contributed by atoms with Gasteiger partial charge >= 0.3 is 6.09 Å². The number of aliphatic hydroxyl groups excluding tert-OH is 1. The van der Waals surface area contributed by atoms with Gasteiger partial charge in [-0.3, -0.25) is 0 Å². The molecule has 1 fully saturated rings. The molecule has 0 radical (unpaired) electrons. The summed E-state index contributed by atoms with van der Waals surface area (Å²) in [5.41, 5.74) is 2.27. The molecule has 2 atom stereocenters. The van der Waals surface area contributed by atoms with Gasteiger partial charge in [-0.1, -0.05) is 25.6 Å². The number of hydrogen-bond donors (Lipinski definition) is 2. The average Bonchev–Trinajstić information content (AvgIpc) is 2.26. The third kappa shape index (κ3) is 3.48. The van der Waals surface area contributed by atoms with Crippen molar-refractivity contribution in [1.82, 2.24) is 4.90 Å². The van der Waals surface area contributed by atoms with Crippen molar-refractivity contribution in [3.63, 3.8) is 0 Å². The van der Waals surface area contributed by atoms with E-state index in [0.29, 0.717) is 13.0 Å². The van der Waals surface area contributed by atoms with Crippen LogP contribution in [0.15, 0.2) is 0 Å². The van der Waals surface area contributed by atoms with Crippen molar-refractivity contribution in [3.05, 3.63) is 0 Å². The fraction of sp³-hybridized carbons (Fsp3) is 0.750. The maximum Gasteiger partial charge on any atom is 0.407 e. The molecule has 1 aliphatic rings. The van der Waals surface area contributed by atoms with E-state index in [1.165, 1.54) is 12.0 Å². The second-order valence-electron chi connectivity index (χ2n) is 5.59. The third-order valence-electron chi connectivity index (χ3n) is 2.97. The van der Waals surface area contributed by atoms with Gasteiger partial charge < -0.3 is 19.8 Å². The van der Waals surface area contributed by atoms with Crippen LogP contribution in [0.25, 0.3) is 0 Å². The molecule has 2 unspecified atom stereocenters. The molecule has 0 saturated carbocycles. The molecule has 0 aromatic rings. The van der Waals surface area contributed by atoms with E-state index in [0.717, 1.165) is 0 Å². The summed E-state index contributed by atoms with van der Waals surface area (Å²) in [6.07, 6.45) is -1.53. The lowest BCUT2D eigenvalue weighted by Gasteiger charge is -2.40. The van der Waals surface area contributed by atoms with Gasteiger partial charge in [-0.05, 0) is 0 Å². The van der Waals surface area contributed by atoms with E-state index in [1.54, 1.807) is 0 Å². The van der Waals surface area contributed by atoms with Gasteiger partial charge in [0, 0.05) is 20.1 Å². The number of ether oxygens (including phenoxy) is 1. The Kier molecular flexibility index (Phi) is 4.43. The summed E-state index contributed by atoms with van der Waals surface area (Å²) in [6.45, 7) is 6.72. The minimum absolute atomic E-state index is 0.0452. The first-order valence-corrected chi connectivity index (χ1v) is 9.45. The summed E-state index contributed by atoms with van der Waals surface area (Å²) in [4.78, 5) is 12.1. The summed E-state index contributed by atoms with van der Waals surface area (Å²) in [5.74, 6) is 3.05. The monoisotopic (exact) mass is 271 g/mol. The zero-order valence-electron chi connectivity index (χ0n) is 11.4. The van der Waals surface area contributed by atoms with E-state index in [9.17, 15) is 9.90 Å². The van der Waals surface area contributed by atoms with Gasteiger partial charge in [0.25, 0.3) is 0 Å². The number of amides is 1. The normalized spacial score (nSPS) is 28.5. The van der Waals surface area contributed by atoms with Crippen molar-refractivity contribution in [3.8, 4) is 11.5 Å². The Morgan fingerprint density at radius 3 is 2.50 bits per heavy atom. The second-order valence-corrected chi connectivity index (χ2v) is 10.3. The third-order valence-corrected chi connectivity index (χ3v) is 3.84. The molecule has 0 aromatic heterocycles. The van der Waals surface area contributed by atoms with Crippen LogP contribution < -0.4 is 0 Å². The summed E-state index contributed by atoms with van der Waals surface area (Å²) in [7, 11) is -0.0426. The van der Waals surface area contributed by atoms with Crippen molar-refractivity contribution in [2.24, 2.45) is 0 Å². The molecule has 1 heterocycles. The van der Waals surface area contributed by atoms with E-state index in [4.69, 9.17) is 9.84 Å². The predicted molar refractivity (Wildman–Crippen MR) is 71.1 cm³/mol. The summed E-state index contributed by atoms with van der Waals surface area (Å²) >= 11 is 0. The van der Waals surface area contributed by atoms with Crippen LogP contribution in [0.4, 0.5) is 4.79 Å². The number of carboxylic acid groups (broad SMARTS) is 1. The fourth-order valence-corrected chi connectivity index (χ4v) is 2.40. The highest BCUT2D eigenvalue weighted by atomic mass is 28.3. The number of methoxy groups -OCH3 is 1. The van der Waals surface area contributed by atoms with E-state index in [1.807, 2.05) is 0 Å². The predicted octanol–water partition coefficient (Wildman–Crippen LogP) is 0.997. The number of carbonyl (C=O) groups is 1. The summed E-state index contributed by atoms with van der Waals surface area (Å²) in [5, 5.41) is 19.0. The number of rotatable bonds is 1. The Morgan fingerprint density at radius 1 is 1.50 bits per heavy atom. The molecular weight excluding hydrogens is 250 g/mol. The summed E-state index contributed by atoms with van der Waals surface area (Å²) < 4.78 is 5.39. The smallest absolute Gasteiger partial charge is 0.407 e. The molecule has 0 spiro atoms. The lowest BCUT2D eigenvalue weighted by atomic mass is 9.89. The van der Waals surface area contributed by atoms with Crippen molar-refractivity contribution in [2.75, 3.05) is 20.2 Å². The largest absolute Gasteiger partial charge is 0.465 e. The van der Waals surface area contributed by atoms with Crippen LogP contribution in [0.5, 0.6) is 0 Å². The quantitative estimate of drug-likeness (QED) is 0.551. The molecular formula is C12H21NO4Si. The molecule has 0 aromatic carbocycles. The molecule has 6 heteroatoms. The highest BCUT2D eigenvalue weighted by Gasteiger charge is 2.42. The Morgan fingerprint density at radius 2 is 2.11 bits per heavy atom. The van der Waals surface area contributed by atoms with Crippen LogP contribution in [0.1, 0.15) is 6.42 Å². The van der Waals surface area contributed by atoms with Crippen LogP contribution >= 0.6 is 0 Å². The van der Waals surface area contributed by atoms with Crippen molar-refractivity contribution < 1.29 is 19.7 Å². The molecule has 1 aliphatic heterocycles. The minimum atomic E-state index is -1.56. The van der Waals surface area contributed by atoms with Crippen molar-refractivity contribution in [1.29, 1.82) is 0 Å². The van der Waals surface area contributed by atoms with Gasteiger partial charge in [0.15, 0.2) is 5.60 Å². The molecule has 1 rings (SSSR count). The van der Waals surface area contributed by atoms with E-state index in [-0.39, 0.29) is 6.54 Å². The van der Waals surface area contributed by atoms with Crippen molar-refractivity contribution in [2.45, 2.75) is 37.8 Å². The Hall–Kier alpha value is -1.03. The SMILES string of the molecule is COC1(C#C[Si](C)(C)C)CCN(C(=O)O)CC1O. The topological polar surface area (TPSA) is 70.0 Å². The number of hydrogen-bond acceptors (Lipinski definition) is 3. The lowest BCUT2D eigenvalue weighted by Crippen LogP contribution is -2.57. The van der Waals surface area contributed by atoms with Crippen LogP contribution in [0.2, 0.25) is 19.6 Å². The highest BCUT2D eigenvalue weighted by Crippen LogP contribution is 2.26. The van der Waals surface area contributed by atoms with Crippen LogP contribution in [-0.4, -0.2) is 61.2 Å². The molecule has 102 valence electrons. The van der Waals surface area contributed by atoms with Gasteiger partial charge in [-0.25, -0.2) is 4.79 Å². The molecule has 1 saturated heterocycles. The molecule has 18 heavy (non-hydrogen) atoms. The molecule has 2 N–H and O–H groups in total. The first-order chi connectivity index (χ1) is 8.20. The number of piperidine rings is 1. The lowest BCUT2D eigenvalue weighted by molar-refractivity contribution is -0.0989. The first kappa shape index (κ1) is 15.0. The van der Waals surface area contributed by atoms with Gasteiger partial charge in [0.1, 0.15) is 14.2 Å². The number of likely N-dealkylation sites (tertiary alicyclic amines) is 1. The molecule has 0 aliphatic carbocycles. The van der Waals surface area contributed by atoms with E-state index < -0.39 is 25.9 Å². The molecule has 0 bridgehead atoms. The number of nitrogens with zero attached hydrogens (tertiary/aromatic N) is 1. The van der Waals surface area contributed by atoms with E-state index >= 15 is 0 Å². The van der Waals surface area contributed by atoms with Gasteiger partial charge in [-0.15, -0.1) is 5.54 Å². The number of aliphatic hydroxyl groups is 1. The average molecular weight is 271 g/mol. The molecule has 5 nitrogen and oxygen atoms in total. The summed E-state index contributed by atoms with van der Waals surface area (Å²) in [6, 6.07) is 0. The van der Waals surface area contributed by atoms with Crippen LogP contribution in [-0.2, 0) is 4.74 Å². The van der Waals surface area contributed by atoms with Gasteiger partial charge in [-0.2, -0.15) is 0 Å². The van der Waals surface area contributed by atoms with Gasteiger partial charge in [0.2, 0.25) is 0 Å². The standard InChI is InChI=1S/C12H21NO4Si/c1-17-12(6-8-18(2,3)4)5-7-13(11(15)16)9-10(12)14/h10,14H,5,7,9H2,1-4H3,(H,15,16). The van der Waals surface area contributed by atoms with Gasteiger partial charge in [0.05, 0.1) is 6.54 Å². The Labute approximate surface area is 109 Å². The maximum atomic E-state index is 10.9. The fourth-order valence-electron chi connectivity index (χ4n) is 1.82. The van der Waals surface area contributed by atoms with Crippen LogP contribution in [0.3, 0.4) is 0 Å². The van der Waals surface area contributed by atoms with E-state index in [2.05, 4.69) is 31.1 Å². The zero-order valence-corrected chi connectivity index (χ0v) is 12.4. The van der Waals surface area contributed by atoms with Crippen molar-refractivity contribution >= 4 is 14.2 Å². The zero-order chi connectivity index (χ0) is 14.0. The highest BCUT2D eigenvalue weighted by molar-refractivity contribution is 6.83. The minimum Gasteiger partial charge on any atom is -0.465 e.